The van der Waals surface area contributed by atoms with Gasteiger partial charge in [0.25, 0.3) is 5.91 Å². The van der Waals surface area contributed by atoms with Crippen LogP contribution in [0.4, 0.5) is 0 Å². The van der Waals surface area contributed by atoms with Crippen LogP contribution in [0.2, 0.25) is 0 Å². The summed E-state index contributed by atoms with van der Waals surface area (Å²) in [6, 6.07) is 28.3. The molecule has 1 aromatic heterocycles. The van der Waals surface area contributed by atoms with E-state index in [4.69, 9.17) is 10.1 Å². The number of hydrogen-bond donors (Lipinski definition) is 1. The Morgan fingerprint density at radius 3 is 2.31 bits per heavy atom. The fourth-order valence-electron chi connectivity index (χ4n) is 4.73. The average molecular weight is 465 g/mol. The third kappa shape index (κ3) is 5.09. The van der Waals surface area contributed by atoms with Crippen molar-refractivity contribution in [3.8, 4) is 11.1 Å². The number of carbonyl (C=O) groups excluding carboxylic acids is 1. The topological polar surface area (TPSA) is 70.5 Å². The molecule has 0 aliphatic carbocycles. The molecule has 35 heavy (non-hydrogen) atoms. The number of benzene rings is 3. The molecule has 1 fully saturated rings. The van der Waals surface area contributed by atoms with Gasteiger partial charge in [0.05, 0.1) is 5.52 Å². The number of carbonyl (C=O) groups is 2. The molecular weight excluding hydrogens is 436 g/mol. The smallest absolute Gasteiger partial charge is 0.303 e. The van der Waals surface area contributed by atoms with Crippen molar-refractivity contribution >= 4 is 22.8 Å². The van der Waals surface area contributed by atoms with Crippen molar-refractivity contribution in [3.05, 3.63) is 102 Å². The molecule has 0 saturated carbocycles. The molecule has 0 atom stereocenters. The summed E-state index contributed by atoms with van der Waals surface area (Å²) in [5.41, 5.74) is 5.80. The Morgan fingerprint density at radius 1 is 0.886 bits per heavy atom. The molecule has 1 aliphatic rings. The van der Waals surface area contributed by atoms with Crippen LogP contribution in [0.5, 0.6) is 0 Å². The number of aryl methyl sites for hydroxylation is 1. The molecule has 0 bridgehead atoms. The first-order valence-corrected chi connectivity index (χ1v) is 12.1. The molecule has 0 unspecified atom stereocenters. The minimum atomic E-state index is -0.775. The second kappa shape index (κ2) is 10.1. The lowest BCUT2D eigenvalue weighted by Gasteiger charge is -2.39. The highest BCUT2D eigenvalue weighted by Gasteiger charge is 2.32. The van der Waals surface area contributed by atoms with Crippen LogP contribution < -0.4 is 0 Å². The van der Waals surface area contributed by atoms with Crippen molar-refractivity contribution in [2.24, 2.45) is 0 Å². The zero-order chi connectivity index (χ0) is 24.2. The van der Waals surface area contributed by atoms with Crippen molar-refractivity contribution in [1.29, 1.82) is 0 Å². The molecule has 5 rings (SSSR count). The Kier molecular flexibility index (Phi) is 6.57. The number of nitrogens with zero attached hydrogens (tertiary/aromatic N) is 2. The van der Waals surface area contributed by atoms with E-state index in [2.05, 4.69) is 30.3 Å². The van der Waals surface area contributed by atoms with E-state index < -0.39 is 5.97 Å². The highest BCUT2D eigenvalue weighted by atomic mass is 16.4. The maximum atomic E-state index is 13.1. The second-order valence-electron chi connectivity index (χ2n) is 9.17. The molecule has 3 aromatic carbocycles. The monoisotopic (exact) mass is 464 g/mol. The predicted molar refractivity (Wildman–Crippen MR) is 137 cm³/mol. The van der Waals surface area contributed by atoms with Crippen LogP contribution in [0.3, 0.4) is 0 Å². The Morgan fingerprint density at radius 2 is 1.60 bits per heavy atom. The van der Waals surface area contributed by atoms with Crippen LogP contribution in [0.15, 0.2) is 84.9 Å². The van der Waals surface area contributed by atoms with Crippen molar-refractivity contribution in [1.82, 2.24) is 9.88 Å². The van der Waals surface area contributed by atoms with Gasteiger partial charge < -0.3 is 10.0 Å². The number of likely N-dealkylation sites (tertiary alicyclic amines) is 1. The van der Waals surface area contributed by atoms with Crippen molar-refractivity contribution < 1.29 is 14.7 Å². The minimum absolute atomic E-state index is 0.0380. The van der Waals surface area contributed by atoms with E-state index in [1.54, 1.807) is 0 Å². The normalized spacial score (nSPS) is 13.5. The molecule has 1 N–H and O–H groups in total. The summed E-state index contributed by atoms with van der Waals surface area (Å²) in [6.45, 7) is 1.46. The number of amides is 1. The van der Waals surface area contributed by atoms with Gasteiger partial charge in [-0.2, -0.15) is 0 Å². The molecule has 5 nitrogen and oxygen atoms in total. The molecule has 1 saturated heterocycles. The quantitative estimate of drug-likeness (QED) is 0.328. The Bertz CT molecular complexity index is 1350. The van der Waals surface area contributed by atoms with Gasteiger partial charge in [-0.15, -0.1) is 0 Å². The molecule has 5 heteroatoms. The largest absolute Gasteiger partial charge is 0.481 e. The van der Waals surface area contributed by atoms with E-state index in [0.29, 0.717) is 24.3 Å². The number of carboxylic acid groups (broad SMARTS) is 1. The third-order valence-electron chi connectivity index (χ3n) is 6.72. The van der Waals surface area contributed by atoms with Crippen LogP contribution >= 0.6 is 0 Å². The first kappa shape index (κ1) is 22.8. The van der Waals surface area contributed by atoms with Crippen molar-refractivity contribution in [3.63, 3.8) is 0 Å². The first-order chi connectivity index (χ1) is 17.1. The van der Waals surface area contributed by atoms with E-state index in [1.807, 2.05) is 59.5 Å². The van der Waals surface area contributed by atoms with Crippen molar-refractivity contribution in [2.45, 2.75) is 31.6 Å². The lowest BCUT2D eigenvalue weighted by molar-refractivity contribution is -0.137. The van der Waals surface area contributed by atoms with E-state index >= 15 is 0 Å². The van der Waals surface area contributed by atoms with Gasteiger partial charge in [-0.3, -0.25) is 14.6 Å². The average Bonchev–Trinajstić information content (AvgIpc) is 2.86. The number of carboxylic acids is 1. The second-order valence-corrected chi connectivity index (χ2v) is 9.17. The number of aromatic nitrogens is 1. The first-order valence-electron chi connectivity index (χ1n) is 12.1. The van der Waals surface area contributed by atoms with Crippen LogP contribution in [0.25, 0.3) is 22.0 Å². The van der Waals surface area contributed by atoms with Crippen molar-refractivity contribution in [2.75, 3.05) is 13.1 Å². The van der Waals surface area contributed by atoms with Gasteiger partial charge in [-0.05, 0) is 48.6 Å². The van der Waals surface area contributed by atoms with E-state index in [0.717, 1.165) is 47.2 Å². The summed E-state index contributed by atoms with van der Waals surface area (Å²) in [4.78, 5) is 30.9. The molecule has 176 valence electrons. The Labute approximate surface area is 205 Å². The molecule has 0 radical (unpaired) electrons. The fourth-order valence-corrected chi connectivity index (χ4v) is 4.73. The standard InChI is InChI=1S/C30H28N2O3/c33-29(34)14-8-7-13-27-26(22-11-5-2-6-12-22)17-23-15-16-24(18-28(23)31-27)30(35)32-19-25(20-32)21-9-3-1-4-10-21/h1-6,9-12,15-18,25H,7-8,13-14,19-20H2,(H,33,34). The van der Waals surface area contributed by atoms with Crippen LogP contribution in [-0.2, 0) is 11.2 Å². The molecule has 1 amide bonds. The zero-order valence-electron chi connectivity index (χ0n) is 19.6. The van der Waals surface area contributed by atoms with Gasteiger partial charge in [0, 0.05) is 47.6 Å². The van der Waals surface area contributed by atoms with Crippen LogP contribution in [-0.4, -0.2) is 40.0 Å². The number of rotatable bonds is 8. The summed E-state index contributed by atoms with van der Waals surface area (Å²) in [5.74, 6) is -0.344. The lowest BCUT2D eigenvalue weighted by atomic mass is 9.91. The Hall–Kier alpha value is -3.99. The van der Waals surface area contributed by atoms with E-state index in [9.17, 15) is 9.59 Å². The summed E-state index contributed by atoms with van der Waals surface area (Å²) in [7, 11) is 0. The molecule has 1 aliphatic heterocycles. The van der Waals surface area contributed by atoms with Crippen LogP contribution in [0.1, 0.15) is 46.8 Å². The third-order valence-corrected chi connectivity index (χ3v) is 6.72. The van der Waals surface area contributed by atoms with Crippen LogP contribution in [0, 0.1) is 0 Å². The summed E-state index contributed by atoms with van der Waals surface area (Å²) in [6.07, 6.45) is 2.21. The SMILES string of the molecule is O=C(O)CCCCc1nc2cc(C(=O)N3CC(c4ccccc4)C3)ccc2cc1-c1ccccc1. The molecule has 0 spiro atoms. The van der Waals surface area contributed by atoms with Gasteiger partial charge in [-0.1, -0.05) is 66.7 Å². The van der Waals surface area contributed by atoms with Gasteiger partial charge in [0.1, 0.15) is 0 Å². The molecular formula is C30H28N2O3. The highest BCUT2D eigenvalue weighted by molar-refractivity contribution is 5.99. The fraction of sp³-hybridized carbons (Fsp3) is 0.233. The number of hydrogen-bond acceptors (Lipinski definition) is 3. The minimum Gasteiger partial charge on any atom is -0.481 e. The molecule has 4 aromatic rings. The van der Waals surface area contributed by atoms with Gasteiger partial charge in [0.2, 0.25) is 0 Å². The predicted octanol–water partition coefficient (Wildman–Crippen LogP) is 5.94. The number of aliphatic carboxylic acids is 1. The number of fused-ring (bicyclic) bond motifs is 1. The Balaban J connectivity index is 1.38. The highest BCUT2D eigenvalue weighted by Crippen LogP contribution is 2.31. The van der Waals surface area contributed by atoms with E-state index in [1.165, 1.54) is 5.56 Å². The summed E-state index contributed by atoms with van der Waals surface area (Å²) in [5, 5.41) is 9.95. The summed E-state index contributed by atoms with van der Waals surface area (Å²) >= 11 is 0. The maximum Gasteiger partial charge on any atom is 0.303 e. The zero-order valence-corrected chi connectivity index (χ0v) is 19.6. The van der Waals surface area contributed by atoms with Gasteiger partial charge >= 0.3 is 5.97 Å². The lowest BCUT2D eigenvalue weighted by Crippen LogP contribution is -2.48. The van der Waals surface area contributed by atoms with Gasteiger partial charge in [-0.25, -0.2) is 0 Å². The number of pyridine rings is 1. The number of unbranched alkanes of at least 4 members (excludes halogenated alkanes) is 1. The summed E-state index contributed by atoms with van der Waals surface area (Å²) < 4.78 is 0. The maximum absolute atomic E-state index is 13.1. The van der Waals surface area contributed by atoms with Gasteiger partial charge in [0.15, 0.2) is 0 Å². The van der Waals surface area contributed by atoms with E-state index in [-0.39, 0.29) is 12.3 Å². The molecule has 2 heterocycles.